The fourth-order valence-electron chi connectivity index (χ4n) is 3.85. The second-order valence-corrected chi connectivity index (χ2v) is 8.34. The summed E-state index contributed by atoms with van der Waals surface area (Å²) in [5.41, 5.74) is 0.846. The van der Waals surface area contributed by atoms with Crippen LogP contribution in [0.3, 0.4) is 0 Å². The maximum Gasteiger partial charge on any atom is 0.279 e. The van der Waals surface area contributed by atoms with Crippen LogP contribution in [-0.2, 0) is 4.79 Å². The van der Waals surface area contributed by atoms with Crippen LogP contribution in [0.1, 0.15) is 53.5 Å². The molecular formula is C23H24N4O2S. The summed E-state index contributed by atoms with van der Waals surface area (Å²) in [5.74, 6) is -0.517. The van der Waals surface area contributed by atoms with E-state index in [2.05, 4.69) is 15.3 Å². The smallest absolute Gasteiger partial charge is 0.279 e. The molecule has 1 aliphatic carbocycles. The van der Waals surface area contributed by atoms with E-state index in [1.807, 2.05) is 47.8 Å². The molecule has 0 radical (unpaired) electrons. The second-order valence-electron chi connectivity index (χ2n) is 7.36. The van der Waals surface area contributed by atoms with Crippen LogP contribution in [0.2, 0.25) is 0 Å². The highest BCUT2D eigenvalue weighted by molar-refractivity contribution is 7.10. The fraction of sp³-hybridized carbons (Fsp3) is 0.304. The first-order valence-corrected chi connectivity index (χ1v) is 11.1. The van der Waals surface area contributed by atoms with E-state index in [0.29, 0.717) is 5.69 Å². The summed E-state index contributed by atoms with van der Waals surface area (Å²) < 4.78 is 0. The van der Waals surface area contributed by atoms with Gasteiger partial charge in [-0.1, -0.05) is 43.5 Å². The summed E-state index contributed by atoms with van der Waals surface area (Å²) in [6.45, 7) is 0. The van der Waals surface area contributed by atoms with Crippen molar-refractivity contribution in [1.82, 2.24) is 15.3 Å². The number of carbonyl (C=O) groups is 2. The van der Waals surface area contributed by atoms with Gasteiger partial charge in [0.1, 0.15) is 5.69 Å². The van der Waals surface area contributed by atoms with Crippen LogP contribution < -0.4 is 10.2 Å². The number of hydrogen-bond acceptors (Lipinski definition) is 5. The average molecular weight is 421 g/mol. The van der Waals surface area contributed by atoms with E-state index in [1.54, 1.807) is 0 Å². The number of thiophene rings is 1. The summed E-state index contributed by atoms with van der Waals surface area (Å²) in [5, 5.41) is 5.12. The molecule has 154 valence electrons. The average Bonchev–Trinajstić information content (AvgIpc) is 3.33. The van der Waals surface area contributed by atoms with E-state index in [0.717, 1.165) is 30.6 Å². The van der Waals surface area contributed by atoms with Crippen molar-refractivity contribution in [3.63, 3.8) is 0 Å². The van der Waals surface area contributed by atoms with Crippen molar-refractivity contribution in [2.75, 3.05) is 4.90 Å². The van der Waals surface area contributed by atoms with Crippen molar-refractivity contribution < 1.29 is 9.59 Å². The van der Waals surface area contributed by atoms with Gasteiger partial charge in [0.25, 0.3) is 5.91 Å². The van der Waals surface area contributed by atoms with Gasteiger partial charge in [-0.15, -0.1) is 11.3 Å². The molecule has 2 heterocycles. The molecule has 1 saturated carbocycles. The number of rotatable bonds is 6. The van der Waals surface area contributed by atoms with Crippen molar-refractivity contribution in [3.8, 4) is 0 Å². The minimum absolute atomic E-state index is 0.151. The van der Waals surface area contributed by atoms with Crippen LogP contribution in [0.5, 0.6) is 0 Å². The van der Waals surface area contributed by atoms with Gasteiger partial charge in [-0.25, -0.2) is 4.98 Å². The van der Waals surface area contributed by atoms with Gasteiger partial charge in [-0.2, -0.15) is 0 Å². The van der Waals surface area contributed by atoms with Gasteiger partial charge in [-0.3, -0.25) is 19.5 Å². The predicted molar refractivity (Wildman–Crippen MR) is 117 cm³/mol. The standard InChI is InChI=1S/C23H24N4O2S/c28-22(26-17-8-3-1-4-9-17)21(20-12-7-15-30-20)27(18-10-5-2-6-11-18)23(29)19-16-24-13-14-25-19/h2,5-7,10-17,21H,1,3-4,8-9H2,(H,26,28). The van der Waals surface area contributed by atoms with E-state index in [4.69, 9.17) is 0 Å². The molecule has 4 rings (SSSR count). The number of aromatic nitrogens is 2. The summed E-state index contributed by atoms with van der Waals surface area (Å²) in [6.07, 6.45) is 9.85. The SMILES string of the molecule is O=C(NC1CCCCC1)C(c1cccs1)N(C(=O)c1cnccn1)c1ccccc1. The van der Waals surface area contributed by atoms with Crippen LogP contribution in [0.25, 0.3) is 0 Å². The summed E-state index contributed by atoms with van der Waals surface area (Å²) in [6, 6.07) is 12.4. The first kappa shape index (κ1) is 20.2. The first-order chi connectivity index (χ1) is 14.7. The lowest BCUT2D eigenvalue weighted by Crippen LogP contribution is -2.47. The monoisotopic (exact) mass is 420 g/mol. The molecule has 0 bridgehead atoms. The van der Waals surface area contributed by atoms with Gasteiger partial charge in [0, 0.05) is 29.0 Å². The Labute approximate surface area is 180 Å². The Kier molecular flexibility index (Phi) is 6.49. The van der Waals surface area contributed by atoms with Crippen molar-refractivity contribution in [2.45, 2.75) is 44.2 Å². The molecule has 1 unspecified atom stereocenters. The molecule has 0 saturated heterocycles. The number of hydrogen-bond donors (Lipinski definition) is 1. The number of carbonyl (C=O) groups excluding carboxylic acids is 2. The molecular weight excluding hydrogens is 396 g/mol. The van der Waals surface area contributed by atoms with Crippen LogP contribution in [0.4, 0.5) is 5.69 Å². The van der Waals surface area contributed by atoms with Crippen LogP contribution in [0, 0.1) is 0 Å². The van der Waals surface area contributed by atoms with E-state index < -0.39 is 6.04 Å². The number of benzene rings is 1. The zero-order valence-electron chi connectivity index (χ0n) is 16.6. The molecule has 6 nitrogen and oxygen atoms in total. The minimum atomic E-state index is -0.774. The number of nitrogens with one attached hydrogen (secondary N) is 1. The lowest BCUT2D eigenvalue weighted by molar-refractivity contribution is -0.123. The van der Waals surface area contributed by atoms with E-state index in [-0.39, 0.29) is 23.6 Å². The number of para-hydroxylation sites is 1. The zero-order chi connectivity index (χ0) is 20.8. The van der Waals surface area contributed by atoms with Crippen molar-refractivity contribution >= 4 is 28.8 Å². The minimum Gasteiger partial charge on any atom is -0.351 e. The zero-order valence-corrected chi connectivity index (χ0v) is 17.4. The maximum atomic E-state index is 13.5. The Balaban J connectivity index is 1.73. The molecule has 1 N–H and O–H groups in total. The van der Waals surface area contributed by atoms with Crippen molar-refractivity contribution in [2.24, 2.45) is 0 Å². The lowest BCUT2D eigenvalue weighted by atomic mass is 9.95. The molecule has 2 aromatic heterocycles. The highest BCUT2D eigenvalue weighted by Gasteiger charge is 2.35. The van der Waals surface area contributed by atoms with Gasteiger partial charge in [0.2, 0.25) is 5.91 Å². The Morgan fingerprint density at radius 2 is 1.83 bits per heavy atom. The molecule has 7 heteroatoms. The Hall–Kier alpha value is -3.06. The Morgan fingerprint density at radius 3 is 2.50 bits per heavy atom. The largest absolute Gasteiger partial charge is 0.351 e. The quantitative estimate of drug-likeness (QED) is 0.642. The third kappa shape index (κ3) is 4.57. The van der Waals surface area contributed by atoms with Gasteiger partial charge < -0.3 is 5.32 Å². The highest BCUT2D eigenvalue weighted by Crippen LogP contribution is 2.32. The lowest BCUT2D eigenvalue weighted by Gasteiger charge is -2.32. The predicted octanol–water partition coefficient (Wildman–Crippen LogP) is 4.38. The number of amides is 2. The summed E-state index contributed by atoms with van der Waals surface area (Å²) in [4.78, 5) is 37.6. The highest BCUT2D eigenvalue weighted by atomic mass is 32.1. The molecule has 0 spiro atoms. The maximum absolute atomic E-state index is 13.5. The second kappa shape index (κ2) is 9.63. The molecule has 1 atom stereocenters. The topological polar surface area (TPSA) is 75.2 Å². The van der Waals surface area contributed by atoms with Gasteiger partial charge >= 0.3 is 0 Å². The molecule has 0 aliphatic heterocycles. The van der Waals surface area contributed by atoms with E-state index in [9.17, 15) is 9.59 Å². The molecule has 1 aromatic carbocycles. The first-order valence-electron chi connectivity index (χ1n) is 10.2. The summed E-state index contributed by atoms with van der Waals surface area (Å²) >= 11 is 1.47. The van der Waals surface area contributed by atoms with Gasteiger partial charge in [0.05, 0.1) is 6.20 Å². The third-order valence-corrected chi connectivity index (χ3v) is 6.23. The Morgan fingerprint density at radius 1 is 1.03 bits per heavy atom. The van der Waals surface area contributed by atoms with Gasteiger partial charge in [0.15, 0.2) is 6.04 Å². The number of anilines is 1. The molecule has 30 heavy (non-hydrogen) atoms. The van der Waals surface area contributed by atoms with E-state index >= 15 is 0 Å². The van der Waals surface area contributed by atoms with Crippen LogP contribution in [-0.4, -0.2) is 27.8 Å². The number of nitrogens with zero attached hydrogens (tertiary/aromatic N) is 3. The van der Waals surface area contributed by atoms with Crippen molar-refractivity contribution in [1.29, 1.82) is 0 Å². The fourth-order valence-corrected chi connectivity index (χ4v) is 4.67. The molecule has 1 aliphatic rings. The summed E-state index contributed by atoms with van der Waals surface area (Å²) in [7, 11) is 0. The Bertz CT molecular complexity index is 957. The third-order valence-electron chi connectivity index (χ3n) is 5.31. The molecule has 1 fully saturated rings. The van der Waals surface area contributed by atoms with Gasteiger partial charge in [-0.05, 0) is 36.4 Å². The van der Waals surface area contributed by atoms with Crippen molar-refractivity contribution in [3.05, 3.63) is 77.0 Å². The molecule has 3 aromatic rings. The molecule has 2 amide bonds. The van der Waals surface area contributed by atoms with Crippen LogP contribution in [0.15, 0.2) is 66.4 Å². The normalized spacial score (nSPS) is 15.3. The van der Waals surface area contributed by atoms with Crippen LogP contribution >= 0.6 is 11.3 Å². The van der Waals surface area contributed by atoms with E-state index in [1.165, 1.54) is 41.2 Å².